The van der Waals surface area contributed by atoms with Gasteiger partial charge < -0.3 is 10.3 Å². The molecule has 0 radical (unpaired) electrons. The van der Waals surface area contributed by atoms with Gasteiger partial charge in [0.2, 0.25) is 5.91 Å². The molecule has 0 bridgehead atoms. The minimum Gasteiger partial charge on any atom is -0.369 e. The van der Waals surface area contributed by atoms with Gasteiger partial charge in [-0.3, -0.25) is 9.69 Å². The van der Waals surface area contributed by atoms with Gasteiger partial charge in [0, 0.05) is 28.2 Å². The molecule has 0 atom stereocenters. The summed E-state index contributed by atoms with van der Waals surface area (Å²) in [6.45, 7) is 6.80. The molecule has 118 valence electrons. The van der Waals surface area contributed by atoms with Crippen LogP contribution in [0.3, 0.4) is 0 Å². The molecule has 1 aromatic heterocycles. The van der Waals surface area contributed by atoms with Crippen LogP contribution in [0.15, 0.2) is 35.0 Å². The summed E-state index contributed by atoms with van der Waals surface area (Å²) < 4.78 is 5.37. The molecule has 0 aliphatic rings. The highest BCUT2D eigenvalue weighted by Crippen LogP contribution is 2.27. The van der Waals surface area contributed by atoms with Crippen molar-refractivity contribution >= 4 is 17.5 Å². The van der Waals surface area contributed by atoms with Gasteiger partial charge in [-0.05, 0) is 45.0 Å². The lowest BCUT2D eigenvalue weighted by atomic mass is 10.0. The van der Waals surface area contributed by atoms with Crippen molar-refractivity contribution in [3.05, 3.63) is 41.0 Å². The van der Waals surface area contributed by atoms with Gasteiger partial charge in [-0.1, -0.05) is 16.8 Å². The molecular formula is C16H20ClN3O2. The van der Waals surface area contributed by atoms with Crippen LogP contribution in [0.2, 0.25) is 5.02 Å². The second-order valence-corrected chi connectivity index (χ2v) is 6.62. The molecule has 1 heterocycles. The Morgan fingerprint density at radius 2 is 1.95 bits per heavy atom. The number of rotatable bonds is 5. The topological polar surface area (TPSA) is 72.4 Å². The Balaban J connectivity index is 2.28. The molecule has 1 amide bonds. The fourth-order valence-electron chi connectivity index (χ4n) is 2.14. The number of amides is 1. The maximum absolute atomic E-state index is 11.3. The lowest BCUT2D eigenvalue weighted by molar-refractivity contribution is -0.120. The van der Waals surface area contributed by atoms with E-state index in [0.717, 1.165) is 11.1 Å². The molecule has 6 heteroatoms. The number of carbonyl (C=O) groups excluding carboxylic acids is 1. The molecular weight excluding hydrogens is 302 g/mol. The third-order valence-corrected chi connectivity index (χ3v) is 3.66. The highest BCUT2D eigenvalue weighted by atomic mass is 35.5. The number of primary amides is 1. The quantitative estimate of drug-likeness (QED) is 0.918. The zero-order valence-corrected chi connectivity index (χ0v) is 13.7. The number of benzene rings is 1. The van der Waals surface area contributed by atoms with Crippen molar-refractivity contribution in [3.63, 3.8) is 0 Å². The van der Waals surface area contributed by atoms with Crippen molar-refractivity contribution in [1.29, 1.82) is 0 Å². The van der Waals surface area contributed by atoms with Gasteiger partial charge in [-0.25, -0.2) is 0 Å². The van der Waals surface area contributed by atoms with E-state index < -0.39 is 0 Å². The van der Waals surface area contributed by atoms with Gasteiger partial charge in [-0.15, -0.1) is 0 Å². The van der Waals surface area contributed by atoms with Crippen molar-refractivity contribution in [2.75, 3.05) is 6.54 Å². The zero-order valence-electron chi connectivity index (χ0n) is 13.0. The van der Waals surface area contributed by atoms with Crippen molar-refractivity contribution in [2.24, 2.45) is 5.73 Å². The van der Waals surface area contributed by atoms with Crippen LogP contribution in [-0.2, 0) is 11.3 Å². The first kappa shape index (κ1) is 16.5. The number of nitrogens with two attached hydrogens (primary N) is 1. The van der Waals surface area contributed by atoms with E-state index in [1.807, 2.05) is 37.8 Å². The Kier molecular flexibility index (Phi) is 4.88. The maximum Gasteiger partial charge on any atom is 0.231 e. The van der Waals surface area contributed by atoms with Gasteiger partial charge in [0.15, 0.2) is 5.76 Å². The number of hydrogen-bond donors (Lipinski definition) is 1. The van der Waals surface area contributed by atoms with E-state index in [-0.39, 0.29) is 18.0 Å². The van der Waals surface area contributed by atoms with Gasteiger partial charge in [-0.2, -0.15) is 0 Å². The highest BCUT2D eigenvalue weighted by Gasteiger charge is 2.25. The van der Waals surface area contributed by atoms with Crippen LogP contribution in [0.25, 0.3) is 11.3 Å². The standard InChI is InChI=1S/C16H20ClN3O2/c1-16(2,3)20(10-14(18)21)9-12-8-19-22-15(12)11-4-6-13(17)7-5-11/h4-8H,9-10H2,1-3H3,(H2,18,21). The van der Waals surface area contributed by atoms with Gasteiger partial charge in [0.25, 0.3) is 0 Å². The molecule has 2 aromatic rings. The third kappa shape index (κ3) is 4.08. The summed E-state index contributed by atoms with van der Waals surface area (Å²) in [4.78, 5) is 13.3. The molecule has 22 heavy (non-hydrogen) atoms. The second-order valence-electron chi connectivity index (χ2n) is 6.18. The van der Waals surface area contributed by atoms with Crippen LogP contribution < -0.4 is 5.73 Å². The van der Waals surface area contributed by atoms with E-state index >= 15 is 0 Å². The summed E-state index contributed by atoms with van der Waals surface area (Å²) in [5.74, 6) is 0.315. The van der Waals surface area contributed by atoms with Crippen LogP contribution in [0, 0.1) is 0 Å². The fourth-order valence-corrected chi connectivity index (χ4v) is 2.26. The summed E-state index contributed by atoms with van der Waals surface area (Å²) in [5.41, 5.74) is 6.94. The summed E-state index contributed by atoms with van der Waals surface area (Å²) in [7, 11) is 0. The Bertz CT molecular complexity index is 644. The van der Waals surface area contributed by atoms with E-state index in [1.165, 1.54) is 0 Å². The second kappa shape index (κ2) is 6.50. The molecule has 2 rings (SSSR count). The summed E-state index contributed by atoms with van der Waals surface area (Å²) in [6, 6.07) is 7.35. The predicted octanol–water partition coefficient (Wildman–Crippen LogP) is 3.08. The molecule has 0 spiro atoms. The number of aromatic nitrogens is 1. The van der Waals surface area contributed by atoms with Gasteiger partial charge in [0.05, 0.1) is 12.7 Å². The van der Waals surface area contributed by atoms with E-state index in [9.17, 15) is 4.79 Å². The monoisotopic (exact) mass is 321 g/mol. The SMILES string of the molecule is CC(C)(C)N(CC(N)=O)Cc1cnoc1-c1ccc(Cl)cc1. The molecule has 1 aromatic carbocycles. The first-order chi connectivity index (χ1) is 10.3. The zero-order chi connectivity index (χ0) is 16.3. The average molecular weight is 322 g/mol. The minimum atomic E-state index is -0.362. The molecule has 0 saturated heterocycles. The van der Waals surface area contributed by atoms with E-state index in [0.29, 0.717) is 17.3 Å². The predicted molar refractivity (Wildman–Crippen MR) is 86.3 cm³/mol. The Morgan fingerprint density at radius 1 is 1.32 bits per heavy atom. The summed E-state index contributed by atoms with van der Waals surface area (Å²) in [6.07, 6.45) is 1.67. The van der Waals surface area contributed by atoms with Crippen LogP contribution in [0.5, 0.6) is 0 Å². The first-order valence-corrected chi connectivity index (χ1v) is 7.38. The molecule has 0 saturated carbocycles. The number of halogens is 1. The maximum atomic E-state index is 11.3. The first-order valence-electron chi connectivity index (χ1n) is 7.00. The van der Waals surface area contributed by atoms with Gasteiger partial charge >= 0.3 is 0 Å². The fraction of sp³-hybridized carbons (Fsp3) is 0.375. The van der Waals surface area contributed by atoms with Crippen molar-refractivity contribution in [2.45, 2.75) is 32.9 Å². The van der Waals surface area contributed by atoms with E-state index in [4.69, 9.17) is 21.9 Å². The number of carbonyl (C=O) groups is 1. The van der Waals surface area contributed by atoms with Crippen LogP contribution in [0.4, 0.5) is 0 Å². The number of nitrogens with zero attached hydrogens (tertiary/aromatic N) is 2. The third-order valence-electron chi connectivity index (χ3n) is 3.41. The smallest absolute Gasteiger partial charge is 0.231 e. The van der Waals surface area contributed by atoms with Crippen molar-refractivity contribution in [3.8, 4) is 11.3 Å². The molecule has 0 aliphatic carbocycles. The lowest BCUT2D eigenvalue weighted by Gasteiger charge is -2.34. The number of hydrogen-bond acceptors (Lipinski definition) is 4. The Labute approximate surface area is 135 Å². The lowest BCUT2D eigenvalue weighted by Crippen LogP contribution is -2.45. The average Bonchev–Trinajstić information content (AvgIpc) is 2.85. The van der Waals surface area contributed by atoms with Crippen molar-refractivity contribution in [1.82, 2.24) is 10.1 Å². The highest BCUT2D eigenvalue weighted by molar-refractivity contribution is 6.30. The summed E-state index contributed by atoms with van der Waals surface area (Å²) >= 11 is 5.91. The minimum absolute atomic E-state index is 0.175. The molecule has 0 aliphatic heterocycles. The van der Waals surface area contributed by atoms with Crippen molar-refractivity contribution < 1.29 is 9.32 Å². The normalized spacial score (nSPS) is 11.9. The Morgan fingerprint density at radius 3 is 2.50 bits per heavy atom. The van der Waals surface area contributed by atoms with E-state index in [1.54, 1.807) is 18.3 Å². The largest absolute Gasteiger partial charge is 0.369 e. The van der Waals surface area contributed by atoms with E-state index in [2.05, 4.69) is 5.16 Å². The van der Waals surface area contributed by atoms with Crippen LogP contribution in [-0.4, -0.2) is 28.0 Å². The van der Waals surface area contributed by atoms with Crippen LogP contribution in [0.1, 0.15) is 26.3 Å². The molecule has 2 N–H and O–H groups in total. The molecule has 5 nitrogen and oxygen atoms in total. The summed E-state index contributed by atoms with van der Waals surface area (Å²) in [5, 5.41) is 4.55. The Hall–Kier alpha value is -1.85. The molecule has 0 fully saturated rings. The molecule has 0 unspecified atom stereocenters. The van der Waals surface area contributed by atoms with Gasteiger partial charge in [0.1, 0.15) is 0 Å². The van der Waals surface area contributed by atoms with Crippen LogP contribution >= 0.6 is 11.6 Å².